The Balaban J connectivity index is 1.57. The molecule has 116 valence electrons. The van der Waals surface area contributed by atoms with Gasteiger partial charge in [0.2, 0.25) is 0 Å². The predicted molar refractivity (Wildman–Crippen MR) is 86.9 cm³/mol. The van der Waals surface area contributed by atoms with Gasteiger partial charge in [-0.15, -0.1) is 0 Å². The lowest BCUT2D eigenvalue weighted by Crippen LogP contribution is -2.24. The van der Waals surface area contributed by atoms with Gasteiger partial charge in [0.25, 0.3) is 0 Å². The van der Waals surface area contributed by atoms with E-state index in [0.29, 0.717) is 24.8 Å². The first kappa shape index (κ1) is 16.2. The maximum atomic E-state index is 5.66. The van der Waals surface area contributed by atoms with E-state index in [1.165, 1.54) is 12.8 Å². The fourth-order valence-electron chi connectivity index (χ4n) is 2.24. The Kier molecular flexibility index (Phi) is 6.92. The summed E-state index contributed by atoms with van der Waals surface area (Å²) in [6, 6.07) is 7.53. The summed E-state index contributed by atoms with van der Waals surface area (Å²) in [6.07, 6.45) is 4.67. The number of ether oxygens (including phenoxy) is 3. The summed E-state index contributed by atoms with van der Waals surface area (Å²) < 4.78 is 16.9. The molecule has 4 nitrogen and oxygen atoms in total. The molecule has 0 saturated carbocycles. The molecule has 0 spiro atoms. The molecule has 1 fully saturated rings. The lowest BCUT2D eigenvalue weighted by atomic mass is 10.1. The summed E-state index contributed by atoms with van der Waals surface area (Å²) >= 11 is 4.94. The van der Waals surface area contributed by atoms with Crippen molar-refractivity contribution in [2.45, 2.75) is 31.8 Å². The standard InChI is InChI=1S/C16H23NO3S/c17-16(21)13-5-3-7-14(11-13)19-10-4-8-18-12-15-6-1-2-9-20-15/h3,5,7,11,15H,1-2,4,6,8-10,12H2,(H2,17,21). The van der Waals surface area contributed by atoms with Crippen LogP contribution in [0.2, 0.25) is 0 Å². The molecule has 1 aliphatic heterocycles. The van der Waals surface area contributed by atoms with Crippen LogP contribution in [0.5, 0.6) is 5.75 Å². The molecule has 0 aliphatic carbocycles. The van der Waals surface area contributed by atoms with Gasteiger partial charge in [-0.1, -0.05) is 24.4 Å². The van der Waals surface area contributed by atoms with E-state index in [0.717, 1.165) is 30.8 Å². The minimum Gasteiger partial charge on any atom is -0.493 e. The molecule has 0 amide bonds. The van der Waals surface area contributed by atoms with Crippen molar-refractivity contribution >= 4 is 17.2 Å². The van der Waals surface area contributed by atoms with Gasteiger partial charge in [-0.3, -0.25) is 0 Å². The molecule has 1 atom stereocenters. The fourth-order valence-corrected chi connectivity index (χ4v) is 2.37. The molecule has 1 aliphatic rings. The van der Waals surface area contributed by atoms with Gasteiger partial charge >= 0.3 is 0 Å². The van der Waals surface area contributed by atoms with Crippen LogP contribution in [0.25, 0.3) is 0 Å². The van der Waals surface area contributed by atoms with E-state index in [4.69, 9.17) is 32.2 Å². The van der Waals surface area contributed by atoms with Crippen molar-refractivity contribution in [2.75, 3.05) is 26.4 Å². The van der Waals surface area contributed by atoms with Crippen LogP contribution in [0.1, 0.15) is 31.2 Å². The Morgan fingerprint density at radius 1 is 1.33 bits per heavy atom. The topological polar surface area (TPSA) is 53.7 Å². The molecule has 0 bridgehead atoms. The molecule has 0 aromatic heterocycles. The number of rotatable bonds is 8. The lowest BCUT2D eigenvalue weighted by molar-refractivity contribution is -0.0419. The molecule has 1 unspecified atom stereocenters. The highest BCUT2D eigenvalue weighted by Crippen LogP contribution is 2.14. The molecule has 1 saturated heterocycles. The van der Waals surface area contributed by atoms with E-state index in [9.17, 15) is 0 Å². The molecule has 5 heteroatoms. The van der Waals surface area contributed by atoms with Gasteiger partial charge in [-0.25, -0.2) is 0 Å². The van der Waals surface area contributed by atoms with Crippen molar-refractivity contribution in [1.29, 1.82) is 0 Å². The van der Waals surface area contributed by atoms with E-state index < -0.39 is 0 Å². The van der Waals surface area contributed by atoms with Crippen molar-refractivity contribution < 1.29 is 14.2 Å². The van der Waals surface area contributed by atoms with E-state index in [-0.39, 0.29) is 6.10 Å². The summed E-state index contributed by atoms with van der Waals surface area (Å²) in [4.78, 5) is 0.385. The first-order valence-electron chi connectivity index (χ1n) is 7.48. The summed E-state index contributed by atoms with van der Waals surface area (Å²) in [5, 5.41) is 0. The van der Waals surface area contributed by atoms with Crippen LogP contribution in [0.15, 0.2) is 24.3 Å². The molecule has 1 aromatic rings. The molecular weight excluding hydrogens is 286 g/mol. The van der Waals surface area contributed by atoms with Gasteiger partial charge in [0.05, 0.1) is 19.3 Å². The van der Waals surface area contributed by atoms with Crippen molar-refractivity contribution in [1.82, 2.24) is 0 Å². The first-order valence-corrected chi connectivity index (χ1v) is 7.88. The zero-order chi connectivity index (χ0) is 14.9. The number of hydrogen-bond donors (Lipinski definition) is 1. The summed E-state index contributed by atoms with van der Waals surface area (Å²) in [5.74, 6) is 0.788. The van der Waals surface area contributed by atoms with Gasteiger partial charge < -0.3 is 19.9 Å². The van der Waals surface area contributed by atoms with Crippen molar-refractivity contribution in [3.05, 3.63) is 29.8 Å². The van der Waals surface area contributed by atoms with Gasteiger partial charge in [-0.05, 0) is 31.4 Å². The predicted octanol–water partition coefficient (Wildman–Crippen LogP) is 2.68. The lowest BCUT2D eigenvalue weighted by Gasteiger charge is -2.22. The maximum Gasteiger partial charge on any atom is 0.119 e. The third-order valence-electron chi connectivity index (χ3n) is 3.40. The SMILES string of the molecule is NC(=S)c1cccc(OCCCOCC2CCCCO2)c1. The monoisotopic (exact) mass is 309 g/mol. The average Bonchev–Trinajstić information content (AvgIpc) is 2.52. The van der Waals surface area contributed by atoms with Crippen molar-refractivity contribution in [3.8, 4) is 5.75 Å². The van der Waals surface area contributed by atoms with Crippen molar-refractivity contribution in [2.24, 2.45) is 5.73 Å². The zero-order valence-corrected chi connectivity index (χ0v) is 13.1. The van der Waals surface area contributed by atoms with Crippen LogP contribution < -0.4 is 10.5 Å². The Labute approximate surface area is 131 Å². The van der Waals surface area contributed by atoms with Gasteiger partial charge in [0.15, 0.2) is 0 Å². The number of nitrogens with two attached hydrogens (primary N) is 1. The molecule has 21 heavy (non-hydrogen) atoms. The highest BCUT2D eigenvalue weighted by atomic mass is 32.1. The maximum absolute atomic E-state index is 5.66. The molecule has 1 aromatic carbocycles. The largest absolute Gasteiger partial charge is 0.493 e. The number of benzene rings is 1. The van der Waals surface area contributed by atoms with Crippen LogP contribution in [0.4, 0.5) is 0 Å². The average molecular weight is 309 g/mol. The molecule has 2 rings (SSSR count). The Bertz CT molecular complexity index is 447. The van der Waals surface area contributed by atoms with Gasteiger partial charge in [0, 0.05) is 25.2 Å². The molecule has 2 N–H and O–H groups in total. The van der Waals surface area contributed by atoms with Crippen molar-refractivity contribution in [3.63, 3.8) is 0 Å². The van der Waals surface area contributed by atoms with Crippen LogP contribution in [-0.4, -0.2) is 37.5 Å². The van der Waals surface area contributed by atoms with Crippen LogP contribution in [0.3, 0.4) is 0 Å². The fraction of sp³-hybridized carbons (Fsp3) is 0.562. The van der Waals surface area contributed by atoms with E-state index in [1.54, 1.807) is 0 Å². The number of hydrogen-bond acceptors (Lipinski definition) is 4. The first-order chi connectivity index (χ1) is 10.3. The highest BCUT2D eigenvalue weighted by molar-refractivity contribution is 7.80. The Hall–Kier alpha value is -1.17. The minimum atomic E-state index is 0.280. The number of thiocarbonyl (C=S) groups is 1. The Morgan fingerprint density at radius 2 is 2.24 bits per heavy atom. The second kappa shape index (κ2) is 8.97. The van der Waals surface area contributed by atoms with E-state index in [2.05, 4.69) is 0 Å². The smallest absolute Gasteiger partial charge is 0.119 e. The molecule has 1 heterocycles. The minimum absolute atomic E-state index is 0.280. The summed E-state index contributed by atoms with van der Waals surface area (Å²) in [6.45, 7) is 2.87. The second-order valence-corrected chi connectivity index (χ2v) is 5.60. The van der Waals surface area contributed by atoms with Crippen LogP contribution in [-0.2, 0) is 9.47 Å². The van der Waals surface area contributed by atoms with Gasteiger partial charge in [-0.2, -0.15) is 0 Å². The van der Waals surface area contributed by atoms with Crippen LogP contribution in [0, 0.1) is 0 Å². The third kappa shape index (κ3) is 5.99. The van der Waals surface area contributed by atoms with E-state index in [1.807, 2.05) is 24.3 Å². The zero-order valence-electron chi connectivity index (χ0n) is 12.3. The van der Waals surface area contributed by atoms with E-state index >= 15 is 0 Å². The quantitative estimate of drug-likeness (QED) is 0.591. The van der Waals surface area contributed by atoms with Gasteiger partial charge in [0.1, 0.15) is 10.7 Å². The molecule has 0 radical (unpaired) electrons. The summed E-state index contributed by atoms with van der Waals surface area (Å²) in [7, 11) is 0. The second-order valence-electron chi connectivity index (χ2n) is 5.16. The summed E-state index contributed by atoms with van der Waals surface area (Å²) in [5.41, 5.74) is 6.42. The third-order valence-corrected chi connectivity index (χ3v) is 3.63. The van der Waals surface area contributed by atoms with Crippen LogP contribution >= 0.6 is 12.2 Å². The Morgan fingerprint density at radius 3 is 3.00 bits per heavy atom. The highest BCUT2D eigenvalue weighted by Gasteiger charge is 2.13. The molecular formula is C16H23NO3S. The normalized spacial score (nSPS) is 18.4.